The molecule has 0 bridgehead atoms. The molecule has 88 valence electrons. The van der Waals surface area contributed by atoms with E-state index in [2.05, 4.69) is 5.32 Å². The maximum atomic E-state index is 11.4. The molecule has 0 aromatic carbocycles. The molecule has 2 aliphatic heterocycles. The number of carboxylic acids is 1. The number of carboxylic acid groups (broad SMARTS) is 1. The van der Waals surface area contributed by atoms with Gasteiger partial charge in [0, 0.05) is 13.1 Å². The van der Waals surface area contributed by atoms with E-state index < -0.39 is 12.0 Å². The first kappa shape index (κ1) is 11.1. The van der Waals surface area contributed by atoms with Crippen LogP contribution in [0.25, 0.3) is 0 Å². The summed E-state index contributed by atoms with van der Waals surface area (Å²) in [5.41, 5.74) is 0. The van der Waals surface area contributed by atoms with Crippen LogP contribution in [-0.4, -0.2) is 46.9 Å². The maximum absolute atomic E-state index is 11.4. The van der Waals surface area contributed by atoms with Crippen molar-refractivity contribution in [3.05, 3.63) is 0 Å². The number of nitrogens with zero attached hydrogens (tertiary/aromatic N) is 1. The van der Waals surface area contributed by atoms with Gasteiger partial charge in [-0.15, -0.1) is 0 Å². The second-order valence-electron chi connectivity index (χ2n) is 4.28. The first-order chi connectivity index (χ1) is 7.54. The predicted molar refractivity (Wildman–Crippen MR) is 53.4 cm³/mol. The SMILES string of the molecule is CC[C@H](C(=O)O)N1C[C@H]2C(=O)NC(=O)[C@@H]2C1. The van der Waals surface area contributed by atoms with Crippen molar-refractivity contribution >= 4 is 17.8 Å². The summed E-state index contributed by atoms with van der Waals surface area (Å²) in [4.78, 5) is 35.5. The van der Waals surface area contributed by atoms with E-state index in [4.69, 9.17) is 5.11 Å². The van der Waals surface area contributed by atoms with Crippen LogP contribution in [0.15, 0.2) is 0 Å². The summed E-state index contributed by atoms with van der Waals surface area (Å²) in [5, 5.41) is 11.3. The Labute approximate surface area is 92.6 Å². The van der Waals surface area contributed by atoms with Crippen molar-refractivity contribution in [3.63, 3.8) is 0 Å². The van der Waals surface area contributed by atoms with Gasteiger partial charge in [-0.05, 0) is 6.42 Å². The Morgan fingerprint density at radius 3 is 2.31 bits per heavy atom. The third-order valence-corrected chi connectivity index (χ3v) is 3.38. The summed E-state index contributed by atoms with van der Waals surface area (Å²) in [6.07, 6.45) is 0.477. The first-order valence-electron chi connectivity index (χ1n) is 5.36. The Morgan fingerprint density at radius 2 is 1.94 bits per heavy atom. The highest BCUT2D eigenvalue weighted by atomic mass is 16.4. The average molecular weight is 226 g/mol. The minimum atomic E-state index is -0.893. The number of fused-ring (bicyclic) bond motifs is 1. The molecular formula is C10H14N2O4. The molecule has 2 aliphatic rings. The van der Waals surface area contributed by atoms with Gasteiger partial charge in [-0.2, -0.15) is 0 Å². The molecular weight excluding hydrogens is 212 g/mol. The number of hydrogen-bond acceptors (Lipinski definition) is 4. The zero-order chi connectivity index (χ0) is 11.9. The van der Waals surface area contributed by atoms with Crippen molar-refractivity contribution in [1.29, 1.82) is 0 Å². The molecule has 0 aromatic heterocycles. The molecule has 2 N–H and O–H groups in total. The highest BCUT2D eigenvalue weighted by molar-refractivity contribution is 6.05. The van der Waals surface area contributed by atoms with Crippen LogP contribution in [0.1, 0.15) is 13.3 Å². The van der Waals surface area contributed by atoms with Gasteiger partial charge in [-0.3, -0.25) is 24.6 Å². The van der Waals surface area contributed by atoms with Crippen LogP contribution in [-0.2, 0) is 14.4 Å². The minimum Gasteiger partial charge on any atom is -0.480 e. The van der Waals surface area contributed by atoms with E-state index >= 15 is 0 Å². The summed E-state index contributed by atoms with van der Waals surface area (Å²) in [6.45, 7) is 2.52. The van der Waals surface area contributed by atoms with Gasteiger partial charge in [-0.1, -0.05) is 6.92 Å². The van der Waals surface area contributed by atoms with Gasteiger partial charge in [0.2, 0.25) is 11.8 Å². The van der Waals surface area contributed by atoms with Crippen molar-refractivity contribution in [2.24, 2.45) is 11.8 Å². The molecule has 0 radical (unpaired) electrons. The molecule has 2 rings (SSSR count). The zero-order valence-corrected chi connectivity index (χ0v) is 8.97. The van der Waals surface area contributed by atoms with Gasteiger partial charge in [0.05, 0.1) is 11.8 Å². The summed E-state index contributed by atoms with van der Waals surface area (Å²) in [7, 11) is 0. The molecule has 0 aliphatic carbocycles. The molecule has 6 heteroatoms. The van der Waals surface area contributed by atoms with Crippen molar-refractivity contribution in [1.82, 2.24) is 10.2 Å². The molecule has 0 spiro atoms. The standard InChI is InChI=1S/C10H14N2O4/c1-2-7(10(15)16)12-3-5-6(4-12)9(14)11-8(5)13/h5-7H,2-4H2,1H3,(H,15,16)(H,11,13,14)/t5-,6-,7-/m1/s1. The summed E-state index contributed by atoms with van der Waals surface area (Å²) < 4.78 is 0. The summed E-state index contributed by atoms with van der Waals surface area (Å²) in [5.74, 6) is -2.15. The number of imide groups is 1. The fourth-order valence-electron chi connectivity index (χ4n) is 2.52. The second kappa shape index (κ2) is 3.86. The normalized spacial score (nSPS) is 31.3. The quantitative estimate of drug-likeness (QED) is 0.606. The number of rotatable bonds is 3. The lowest BCUT2D eigenvalue weighted by molar-refractivity contribution is -0.143. The lowest BCUT2D eigenvalue weighted by Gasteiger charge is -2.23. The topological polar surface area (TPSA) is 86.7 Å². The van der Waals surface area contributed by atoms with E-state index in [-0.39, 0.29) is 23.7 Å². The molecule has 2 heterocycles. The molecule has 6 nitrogen and oxygen atoms in total. The molecule has 2 saturated heterocycles. The van der Waals surface area contributed by atoms with E-state index in [1.165, 1.54) is 0 Å². The van der Waals surface area contributed by atoms with E-state index in [9.17, 15) is 14.4 Å². The van der Waals surface area contributed by atoms with E-state index in [1.807, 2.05) is 0 Å². The van der Waals surface area contributed by atoms with Gasteiger partial charge in [0.1, 0.15) is 6.04 Å². The summed E-state index contributed by atoms with van der Waals surface area (Å²) in [6, 6.07) is -0.591. The summed E-state index contributed by atoms with van der Waals surface area (Å²) >= 11 is 0. The smallest absolute Gasteiger partial charge is 0.320 e. The Hall–Kier alpha value is -1.43. The van der Waals surface area contributed by atoms with Crippen LogP contribution in [0.2, 0.25) is 0 Å². The van der Waals surface area contributed by atoms with E-state index in [0.29, 0.717) is 19.5 Å². The second-order valence-corrected chi connectivity index (χ2v) is 4.28. The van der Waals surface area contributed by atoms with Crippen LogP contribution in [0.4, 0.5) is 0 Å². The third kappa shape index (κ3) is 1.59. The fraction of sp³-hybridized carbons (Fsp3) is 0.700. The van der Waals surface area contributed by atoms with Crippen molar-refractivity contribution in [2.75, 3.05) is 13.1 Å². The average Bonchev–Trinajstić information content (AvgIpc) is 2.71. The number of nitrogens with one attached hydrogen (secondary N) is 1. The molecule has 2 amide bonds. The number of carbonyl (C=O) groups excluding carboxylic acids is 2. The van der Waals surface area contributed by atoms with Gasteiger partial charge in [0.25, 0.3) is 0 Å². The number of amides is 2. The number of carbonyl (C=O) groups is 3. The monoisotopic (exact) mass is 226 g/mol. The van der Waals surface area contributed by atoms with Crippen molar-refractivity contribution < 1.29 is 19.5 Å². The van der Waals surface area contributed by atoms with Gasteiger partial charge >= 0.3 is 5.97 Å². The number of likely N-dealkylation sites (tertiary alicyclic amines) is 1. The van der Waals surface area contributed by atoms with Crippen LogP contribution >= 0.6 is 0 Å². The number of aliphatic carboxylic acids is 1. The lowest BCUT2D eigenvalue weighted by atomic mass is 10.00. The van der Waals surface area contributed by atoms with Crippen LogP contribution in [0.5, 0.6) is 0 Å². The fourth-order valence-corrected chi connectivity index (χ4v) is 2.52. The lowest BCUT2D eigenvalue weighted by Crippen LogP contribution is -2.42. The molecule has 3 atom stereocenters. The first-order valence-corrected chi connectivity index (χ1v) is 5.36. The van der Waals surface area contributed by atoms with E-state index in [1.54, 1.807) is 11.8 Å². The van der Waals surface area contributed by atoms with Crippen LogP contribution in [0.3, 0.4) is 0 Å². The molecule has 16 heavy (non-hydrogen) atoms. The van der Waals surface area contributed by atoms with Crippen molar-refractivity contribution in [3.8, 4) is 0 Å². The Kier molecular flexibility index (Phi) is 2.67. The van der Waals surface area contributed by atoms with Gasteiger partial charge in [-0.25, -0.2) is 0 Å². The highest BCUT2D eigenvalue weighted by Gasteiger charge is 2.49. The van der Waals surface area contributed by atoms with Gasteiger partial charge < -0.3 is 5.11 Å². The van der Waals surface area contributed by atoms with Crippen LogP contribution < -0.4 is 5.32 Å². The maximum Gasteiger partial charge on any atom is 0.320 e. The number of hydrogen-bond donors (Lipinski definition) is 2. The third-order valence-electron chi connectivity index (χ3n) is 3.38. The largest absolute Gasteiger partial charge is 0.480 e. The van der Waals surface area contributed by atoms with Crippen molar-refractivity contribution in [2.45, 2.75) is 19.4 Å². The molecule has 2 fully saturated rings. The Balaban J connectivity index is 2.11. The molecule has 0 unspecified atom stereocenters. The zero-order valence-electron chi connectivity index (χ0n) is 8.97. The van der Waals surface area contributed by atoms with E-state index in [0.717, 1.165) is 0 Å². The molecule has 0 saturated carbocycles. The predicted octanol–water partition coefficient (Wildman–Crippen LogP) is -0.946. The molecule has 0 aromatic rings. The van der Waals surface area contributed by atoms with Gasteiger partial charge in [0.15, 0.2) is 0 Å². The van der Waals surface area contributed by atoms with Crippen LogP contribution in [0, 0.1) is 11.8 Å². The Bertz CT molecular complexity index is 333. The highest BCUT2D eigenvalue weighted by Crippen LogP contribution is 2.30. The Morgan fingerprint density at radius 1 is 1.44 bits per heavy atom. The minimum absolute atomic E-state index is 0.266.